The van der Waals surface area contributed by atoms with Crippen LogP contribution in [0.15, 0.2) is 18.2 Å². The van der Waals surface area contributed by atoms with Crippen molar-refractivity contribution in [3.63, 3.8) is 0 Å². The fraction of sp³-hybridized carbons (Fsp3) is 0.250. The smallest absolute Gasteiger partial charge is 0.326 e. The molecule has 0 radical (unpaired) electrons. The van der Waals surface area contributed by atoms with E-state index in [0.717, 1.165) is 0 Å². The Morgan fingerprint density at radius 1 is 1.26 bits per heavy atom. The van der Waals surface area contributed by atoms with E-state index in [1.54, 1.807) is 13.0 Å². The molecule has 19 heavy (non-hydrogen) atoms. The number of aryl methyl sites for hydroxylation is 1. The van der Waals surface area contributed by atoms with Gasteiger partial charge in [0, 0.05) is 0 Å². The van der Waals surface area contributed by atoms with Gasteiger partial charge in [0.1, 0.15) is 11.8 Å². The molecule has 7 nitrogen and oxygen atoms in total. The number of carboxylic acids is 2. The van der Waals surface area contributed by atoms with Gasteiger partial charge in [-0.3, -0.25) is 9.59 Å². The SMILES string of the molecule is Cc1ccc(O)c(C(=O)N[C@@H](CC(=O)O)C(=O)O)c1. The molecule has 1 atom stereocenters. The van der Waals surface area contributed by atoms with E-state index < -0.39 is 30.3 Å². The number of benzene rings is 1. The Labute approximate surface area is 108 Å². The summed E-state index contributed by atoms with van der Waals surface area (Å²) in [5.74, 6) is -3.94. The molecule has 0 aliphatic rings. The molecule has 0 fully saturated rings. The second-order valence-electron chi connectivity index (χ2n) is 3.98. The fourth-order valence-electron chi connectivity index (χ4n) is 1.44. The summed E-state index contributed by atoms with van der Waals surface area (Å²) >= 11 is 0. The van der Waals surface area contributed by atoms with Crippen LogP contribution in [0.3, 0.4) is 0 Å². The fourth-order valence-corrected chi connectivity index (χ4v) is 1.44. The van der Waals surface area contributed by atoms with Crippen molar-refractivity contribution < 1.29 is 29.7 Å². The van der Waals surface area contributed by atoms with Gasteiger partial charge >= 0.3 is 11.9 Å². The highest BCUT2D eigenvalue weighted by Crippen LogP contribution is 2.18. The molecule has 0 saturated carbocycles. The van der Waals surface area contributed by atoms with Crippen LogP contribution in [0.1, 0.15) is 22.3 Å². The van der Waals surface area contributed by atoms with Crippen molar-refractivity contribution in [2.75, 3.05) is 0 Å². The molecule has 0 aliphatic heterocycles. The van der Waals surface area contributed by atoms with Crippen LogP contribution in [-0.2, 0) is 9.59 Å². The lowest BCUT2D eigenvalue weighted by Gasteiger charge is -2.13. The lowest BCUT2D eigenvalue weighted by Crippen LogP contribution is -2.42. The van der Waals surface area contributed by atoms with Crippen LogP contribution in [0.25, 0.3) is 0 Å². The molecule has 102 valence electrons. The van der Waals surface area contributed by atoms with Crippen molar-refractivity contribution >= 4 is 17.8 Å². The van der Waals surface area contributed by atoms with Gasteiger partial charge in [-0.15, -0.1) is 0 Å². The zero-order chi connectivity index (χ0) is 14.6. The highest BCUT2D eigenvalue weighted by atomic mass is 16.4. The minimum absolute atomic E-state index is 0.100. The number of aliphatic carboxylic acids is 2. The van der Waals surface area contributed by atoms with Crippen LogP contribution in [0.2, 0.25) is 0 Å². The van der Waals surface area contributed by atoms with E-state index in [-0.39, 0.29) is 11.3 Å². The van der Waals surface area contributed by atoms with E-state index >= 15 is 0 Å². The summed E-state index contributed by atoms with van der Waals surface area (Å²) in [4.78, 5) is 33.1. The zero-order valence-electron chi connectivity index (χ0n) is 10.1. The Morgan fingerprint density at radius 3 is 2.42 bits per heavy atom. The average Bonchev–Trinajstić information content (AvgIpc) is 2.30. The quantitative estimate of drug-likeness (QED) is 0.610. The summed E-state index contributed by atoms with van der Waals surface area (Å²) < 4.78 is 0. The number of aromatic hydroxyl groups is 1. The van der Waals surface area contributed by atoms with Gasteiger partial charge in [0.05, 0.1) is 12.0 Å². The number of carbonyl (C=O) groups is 3. The maximum absolute atomic E-state index is 11.8. The summed E-state index contributed by atoms with van der Waals surface area (Å²) in [7, 11) is 0. The molecule has 1 aromatic rings. The first-order chi connectivity index (χ1) is 8.81. The minimum Gasteiger partial charge on any atom is -0.507 e. The van der Waals surface area contributed by atoms with E-state index in [1.165, 1.54) is 12.1 Å². The highest BCUT2D eigenvalue weighted by molar-refractivity contribution is 5.99. The Morgan fingerprint density at radius 2 is 1.89 bits per heavy atom. The predicted octanol–water partition coefficient (Wildman–Crippen LogP) is 0.358. The lowest BCUT2D eigenvalue weighted by atomic mass is 10.1. The second-order valence-corrected chi connectivity index (χ2v) is 3.98. The van der Waals surface area contributed by atoms with E-state index in [9.17, 15) is 19.5 Å². The molecular weight excluding hydrogens is 254 g/mol. The van der Waals surface area contributed by atoms with Crippen LogP contribution in [0.5, 0.6) is 5.75 Å². The minimum atomic E-state index is -1.55. The van der Waals surface area contributed by atoms with Crippen LogP contribution < -0.4 is 5.32 Å². The van der Waals surface area contributed by atoms with Gasteiger partial charge in [-0.25, -0.2) is 4.79 Å². The molecule has 0 aromatic heterocycles. The molecule has 0 aliphatic carbocycles. The lowest BCUT2D eigenvalue weighted by molar-refractivity contribution is -0.145. The standard InChI is InChI=1S/C12H13NO6/c1-6-2-3-9(14)7(4-6)11(17)13-8(12(18)19)5-10(15)16/h2-4,8,14H,5H2,1H3,(H,13,17)(H,15,16)(H,18,19)/t8-/m0/s1. The summed E-state index contributed by atoms with van der Waals surface area (Å²) in [6.07, 6.45) is -0.742. The van der Waals surface area contributed by atoms with Gasteiger partial charge in [0.15, 0.2) is 0 Å². The number of phenolic OH excluding ortho intramolecular Hbond substituents is 1. The number of phenols is 1. The van der Waals surface area contributed by atoms with Crippen molar-refractivity contribution in [3.8, 4) is 5.75 Å². The normalized spacial score (nSPS) is 11.6. The van der Waals surface area contributed by atoms with Crippen LogP contribution in [0.4, 0.5) is 0 Å². The van der Waals surface area contributed by atoms with Crippen molar-refractivity contribution in [3.05, 3.63) is 29.3 Å². The molecule has 0 saturated heterocycles. The van der Waals surface area contributed by atoms with Gasteiger partial charge < -0.3 is 20.6 Å². The van der Waals surface area contributed by atoms with Crippen molar-refractivity contribution in [1.29, 1.82) is 0 Å². The van der Waals surface area contributed by atoms with E-state index in [4.69, 9.17) is 10.2 Å². The van der Waals surface area contributed by atoms with E-state index in [2.05, 4.69) is 5.32 Å². The molecular formula is C12H13NO6. The van der Waals surface area contributed by atoms with Crippen molar-refractivity contribution in [1.82, 2.24) is 5.32 Å². The van der Waals surface area contributed by atoms with Crippen molar-refractivity contribution in [2.24, 2.45) is 0 Å². The molecule has 4 N–H and O–H groups in total. The first kappa shape index (κ1) is 14.5. The molecule has 0 spiro atoms. The van der Waals surface area contributed by atoms with Gasteiger partial charge in [-0.1, -0.05) is 11.6 Å². The Bertz CT molecular complexity index is 525. The number of rotatable bonds is 5. The topological polar surface area (TPSA) is 124 Å². The molecule has 0 heterocycles. The molecule has 1 aromatic carbocycles. The van der Waals surface area contributed by atoms with Gasteiger partial charge in [-0.2, -0.15) is 0 Å². The number of nitrogens with one attached hydrogen (secondary N) is 1. The number of carboxylic acid groups (broad SMARTS) is 2. The summed E-state index contributed by atoms with van der Waals surface area (Å²) in [5, 5.41) is 28.9. The third-order valence-corrected chi connectivity index (χ3v) is 2.38. The van der Waals surface area contributed by atoms with Gasteiger partial charge in [0.2, 0.25) is 0 Å². The third-order valence-electron chi connectivity index (χ3n) is 2.38. The Hall–Kier alpha value is -2.57. The number of amides is 1. The van der Waals surface area contributed by atoms with Gasteiger partial charge in [-0.05, 0) is 19.1 Å². The predicted molar refractivity (Wildman–Crippen MR) is 64.0 cm³/mol. The molecule has 7 heteroatoms. The van der Waals surface area contributed by atoms with Gasteiger partial charge in [0.25, 0.3) is 5.91 Å². The summed E-state index contributed by atoms with van der Waals surface area (Å²) in [6, 6.07) is 2.71. The second kappa shape index (κ2) is 5.85. The largest absolute Gasteiger partial charge is 0.507 e. The molecule has 0 bridgehead atoms. The zero-order valence-corrected chi connectivity index (χ0v) is 10.1. The third kappa shape index (κ3) is 3.98. The van der Waals surface area contributed by atoms with E-state index in [0.29, 0.717) is 5.56 Å². The Kier molecular flexibility index (Phi) is 4.46. The summed E-state index contributed by atoms with van der Waals surface area (Å²) in [5.41, 5.74) is 0.602. The van der Waals surface area contributed by atoms with E-state index in [1.807, 2.05) is 0 Å². The monoisotopic (exact) mass is 267 g/mol. The summed E-state index contributed by atoms with van der Waals surface area (Å²) in [6.45, 7) is 1.70. The van der Waals surface area contributed by atoms with Crippen LogP contribution in [-0.4, -0.2) is 39.2 Å². The molecule has 0 unspecified atom stereocenters. The molecule has 1 amide bonds. The first-order valence-electron chi connectivity index (χ1n) is 5.36. The maximum Gasteiger partial charge on any atom is 0.326 e. The molecule has 1 rings (SSSR count). The van der Waals surface area contributed by atoms with Crippen LogP contribution in [0, 0.1) is 6.92 Å². The highest BCUT2D eigenvalue weighted by Gasteiger charge is 2.24. The first-order valence-corrected chi connectivity index (χ1v) is 5.36. The number of hydrogen-bond acceptors (Lipinski definition) is 4. The maximum atomic E-state index is 11.8. The average molecular weight is 267 g/mol. The number of carbonyl (C=O) groups excluding carboxylic acids is 1. The van der Waals surface area contributed by atoms with Crippen molar-refractivity contribution in [2.45, 2.75) is 19.4 Å². The Balaban J connectivity index is 2.90. The van der Waals surface area contributed by atoms with Crippen LogP contribution >= 0.6 is 0 Å². The number of hydrogen-bond donors (Lipinski definition) is 4.